The largest absolute Gasteiger partial charge is 0.464 e. The van der Waals surface area contributed by atoms with E-state index < -0.39 is 18.1 Å². The van der Waals surface area contributed by atoms with Crippen molar-refractivity contribution in [3.8, 4) is 0 Å². The van der Waals surface area contributed by atoms with Crippen LogP contribution in [0.2, 0.25) is 0 Å². The lowest BCUT2D eigenvalue weighted by atomic mass is 10.0. The molecule has 1 amide bonds. The van der Waals surface area contributed by atoms with Gasteiger partial charge in [0.2, 0.25) is 0 Å². The lowest BCUT2D eigenvalue weighted by molar-refractivity contribution is -0.148. The van der Waals surface area contributed by atoms with E-state index in [4.69, 9.17) is 9.47 Å². The van der Waals surface area contributed by atoms with E-state index in [0.29, 0.717) is 6.61 Å². The van der Waals surface area contributed by atoms with E-state index in [-0.39, 0.29) is 6.61 Å². The van der Waals surface area contributed by atoms with Crippen molar-refractivity contribution in [2.45, 2.75) is 110 Å². The number of nitrogens with zero attached hydrogens (tertiary/aromatic N) is 1. The van der Waals surface area contributed by atoms with E-state index >= 15 is 0 Å². The van der Waals surface area contributed by atoms with E-state index in [1.54, 1.807) is 6.92 Å². The Labute approximate surface area is 179 Å². The first-order chi connectivity index (χ1) is 14.0. The molecule has 0 aliphatic carbocycles. The Kier molecular flexibility index (Phi) is 18.7. The highest BCUT2D eigenvalue weighted by atomic mass is 16.6. The third-order valence-corrected chi connectivity index (χ3v) is 5.28. The first kappa shape index (κ1) is 27.5. The lowest BCUT2D eigenvalue weighted by Gasteiger charge is -2.22. The summed E-state index contributed by atoms with van der Waals surface area (Å²) in [6.45, 7) is 7.94. The summed E-state index contributed by atoms with van der Waals surface area (Å²) < 4.78 is 10.2. The molecule has 0 fully saturated rings. The first-order valence-corrected chi connectivity index (χ1v) is 11.7. The molecule has 0 saturated heterocycles. The summed E-state index contributed by atoms with van der Waals surface area (Å²) in [5.74, 6) is -0.391. The first-order valence-electron chi connectivity index (χ1n) is 11.7. The molecule has 5 heteroatoms. The molecule has 1 atom stereocenters. The number of ether oxygens (including phenoxy) is 2. The Morgan fingerprint density at radius 1 is 0.828 bits per heavy atom. The van der Waals surface area contributed by atoms with Crippen molar-refractivity contribution < 1.29 is 19.1 Å². The number of unbranched alkanes of at least 4 members (excludes halogenated alkanes) is 13. The monoisotopic (exact) mass is 411 g/mol. The quantitative estimate of drug-likeness (QED) is 0.136. The van der Waals surface area contributed by atoms with Crippen LogP contribution in [0.5, 0.6) is 0 Å². The van der Waals surface area contributed by atoms with Crippen LogP contribution in [0.15, 0.2) is 12.7 Å². The Morgan fingerprint density at radius 2 is 1.28 bits per heavy atom. The van der Waals surface area contributed by atoms with Gasteiger partial charge in [0.25, 0.3) is 0 Å². The molecule has 0 rings (SSSR count). The summed E-state index contributed by atoms with van der Waals surface area (Å²) in [6.07, 6.45) is 19.1. The minimum Gasteiger partial charge on any atom is -0.464 e. The Bertz CT molecular complexity index is 425. The van der Waals surface area contributed by atoms with Crippen molar-refractivity contribution in [1.29, 1.82) is 0 Å². The third-order valence-electron chi connectivity index (χ3n) is 5.28. The number of esters is 1. The van der Waals surface area contributed by atoms with E-state index in [1.807, 2.05) is 0 Å². The topological polar surface area (TPSA) is 55.8 Å². The zero-order valence-corrected chi connectivity index (χ0v) is 19.3. The standard InChI is InChI=1S/C24H45NO4/c1-5-7-8-9-10-11-12-13-14-15-16-17-18-19-21-28-23(26)22(3)25(4)24(27)29-20-6-2/h6,22H,2,5,7-21H2,1,3-4H3. The van der Waals surface area contributed by atoms with E-state index in [1.165, 1.54) is 95.1 Å². The van der Waals surface area contributed by atoms with Crippen LogP contribution in [-0.4, -0.2) is 43.3 Å². The van der Waals surface area contributed by atoms with Crippen molar-refractivity contribution in [3.63, 3.8) is 0 Å². The smallest absolute Gasteiger partial charge is 0.410 e. The fourth-order valence-electron chi connectivity index (χ4n) is 3.14. The normalized spacial score (nSPS) is 11.7. The highest BCUT2D eigenvalue weighted by molar-refractivity contribution is 5.80. The highest BCUT2D eigenvalue weighted by Crippen LogP contribution is 2.13. The maximum atomic E-state index is 12.0. The van der Waals surface area contributed by atoms with Gasteiger partial charge in [-0.1, -0.05) is 103 Å². The SMILES string of the molecule is C=CCOC(=O)N(C)C(C)C(=O)OCCCCCCCCCCCCCCCC. The zero-order chi connectivity index (χ0) is 21.7. The molecule has 0 aliphatic rings. The maximum absolute atomic E-state index is 12.0. The molecular formula is C24H45NO4. The van der Waals surface area contributed by atoms with Gasteiger partial charge in [-0.15, -0.1) is 0 Å². The van der Waals surface area contributed by atoms with Gasteiger partial charge >= 0.3 is 12.1 Å². The molecule has 0 saturated carbocycles. The Balaban J connectivity index is 3.48. The predicted octanol–water partition coefficient (Wildman–Crippen LogP) is 6.65. The summed E-state index contributed by atoms with van der Waals surface area (Å²) in [7, 11) is 1.53. The molecular weight excluding hydrogens is 366 g/mol. The van der Waals surface area contributed by atoms with Crippen LogP contribution in [0.4, 0.5) is 4.79 Å². The van der Waals surface area contributed by atoms with Gasteiger partial charge in [-0.25, -0.2) is 9.59 Å². The second-order valence-corrected chi connectivity index (χ2v) is 7.92. The summed E-state index contributed by atoms with van der Waals surface area (Å²) in [4.78, 5) is 25.0. The van der Waals surface area contributed by atoms with E-state index in [9.17, 15) is 9.59 Å². The molecule has 5 nitrogen and oxygen atoms in total. The van der Waals surface area contributed by atoms with Gasteiger partial charge in [0.15, 0.2) is 0 Å². The van der Waals surface area contributed by atoms with E-state index in [0.717, 1.165) is 12.8 Å². The molecule has 0 radical (unpaired) electrons. The van der Waals surface area contributed by atoms with Crippen LogP contribution >= 0.6 is 0 Å². The van der Waals surface area contributed by atoms with E-state index in [2.05, 4.69) is 13.5 Å². The minimum absolute atomic E-state index is 0.129. The molecule has 170 valence electrons. The Hall–Kier alpha value is -1.52. The molecule has 0 aromatic carbocycles. The van der Waals surface area contributed by atoms with Crippen LogP contribution in [0.25, 0.3) is 0 Å². The fraction of sp³-hybridized carbons (Fsp3) is 0.833. The second kappa shape index (κ2) is 19.8. The minimum atomic E-state index is -0.654. The van der Waals surface area contributed by atoms with Crippen LogP contribution in [0.3, 0.4) is 0 Å². The molecule has 29 heavy (non-hydrogen) atoms. The van der Waals surface area contributed by atoms with Gasteiger partial charge in [0, 0.05) is 7.05 Å². The second-order valence-electron chi connectivity index (χ2n) is 7.92. The average Bonchev–Trinajstić information content (AvgIpc) is 2.73. The summed E-state index contributed by atoms with van der Waals surface area (Å²) in [5, 5.41) is 0. The van der Waals surface area contributed by atoms with Gasteiger partial charge in [-0.2, -0.15) is 0 Å². The van der Waals surface area contributed by atoms with Crippen molar-refractivity contribution in [1.82, 2.24) is 4.90 Å². The summed E-state index contributed by atoms with van der Waals surface area (Å²) >= 11 is 0. The summed E-state index contributed by atoms with van der Waals surface area (Å²) in [5.41, 5.74) is 0. The van der Waals surface area contributed by atoms with Crippen LogP contribution in [0.1, 0.15) is 104 Å². The van der Waals surface area contributed by atoms with Gasteiger partial charge < -0.3 is 9.47 Å². The number of carbonyl (C=O) groups is 2. The van der Waals surface area contributed by atoms with Gasteiger partial charge in [-0.3, -0.25) is 4.90 Å². The molecule has 0 heterocycles. The Morgan fingerprint density at radius 3 is 1.72 bits per heavy atom. The number of rotatable bonds is 19. The molecule has 0 aromatic heterocycles. The number of hydrogen-bond acceptors (Lipinski definition) is 4. The number of carbonyl (C=O) groups excluding carboxylic acids is 2. The van der Waals surface area contributed by atoms with Crippen LogP contribution < -0.4 is 0 Å². The molecule has 0 aliphatic heterocycles. The van der Waals surface area contributed by atoms with Crippen molar-refractivity contribution in [2.24, 2.45) is 0 Å². The van der Waals surface area contributed by atoms with Crippen molar-refractivity contribution in [2.75, 3.05) is 20.3 Å². The van der Waals surface area contributed by atoms with Crippen molar-refractivity contribution >= 4 is 12.1 Å². The maximum Gasteiger partial charge on any atom is 0.410 e. The lowest BCUT2D eigenvalue weighted by Crippen LogP contribution is -2.41. The fourth-order valence-corrected chi connectivity index (χ4v) is 3.14. The number of amides is 1. The molecule has 1 unspecified atom stereocenters. The van der Waals surface area contributed by atoms with Crippen LogP contribution in [0, 0.1) is 0 Å². The zero-order valence-electron chi connectivity index (χ0n) is 19.3. The van der Waals surface area contributed by atoms with Gasteiger partial charge in [-0.05, 0) is 13.3 Å². The molecule has 0 bridgehead atoms. The highest BCUT2D eigenvalue weighted by Gasteiger charge is 2.24. The molecule has 0 spiro atoms. The van der Waals surface area contributed by atoms with Gasteiger partial charge in [0.05, 0.1) is 6.61 Å². The molecule has 0 aromatic rings. The number of hydrogen-bond donors (Lipinski definition) is 0. The molecule has 0 N–H and O–H groups in total. The number of likely N-dealkylation sites (N-methyl/N-ethyl adjacent to an activating group) is 1. The van der Waals surface area contributed by atoms with Crippen LogP contribution in [-0.2, 0) is 14.3 Å². The third kappa shape index (κ3) is 16.0. The average molecular weight is 412 g/mol. The van der Waals surface area contributed by atoms with Gasteiger partial charge in [0.1, 0.15) is 12.6 Å². The van der Waals surface area contributed by atoms with Crippen molar-refractivity contribution in [3.05, 3.63) is 12.7 Å². The predicted molar refractivity (Wildman–Crippen MR) is 120 cm³/mol. The summed E-state index contributed by atoms with van der Waals surface area (Å²) in [6, 6.07) is -0.654.